The van der Waals surface area contributed by atoms with Crippen molar-refractivity contribution in [2.45, 2.75) is 40.7 Å². The minimum Gasteiger partial charge on any atom is -1.00 e. The molecule has 0 amide bonds. The van der Waals surface area contributed by atoms with Crippen LogP contribution in [0.15, 0.2) is 93.9 Å². The molecule has 1 aliphatic rings. The largest absolute Gasteiger partial charge is 1.00 e. The number of halogens is 4. The van der Waals surface area contributed by atoms with Gasteiger partial charge in [0.1, 0.15) is 0 Å². The fourth-order valence-corrected chi connectivity index (χ4v) is 5.46. The number of rotatable bonds is 3. The molecule has 0 unspecified atom stereocenters. The monoisotopic (exact) mass is 740 g/mol. The minimum absolute atomic E-state index is 0. The van der Waals surface area contributed by atoms with Gasteiger partial charge in [0.05, 0.1) is 14.0 Å². The molecule has 0 spiro atoms. The van der Waals surface area contributed by atoms with E-state index in [1.165, 1.54) is 48.5 Å². The molecule has 1 aromatic heterocycles. The topological polar surface area (TPSA) is 4.93 Å². The Morgan fingerprint density at radius 2 is 1.32 bits per heavy atom. The van der Waals surface area contributed by atoms with Crippen LogP contribution in [-0.4, -0.2) is 17.1 Å². The molecule has 6 heteroatoms. The summed E-state index contributed by atoms with van der Waals surface area (Å²) in [6, 6.07) is 30.4. The van der Waals surface area contributed by atoms with E-state index in [0.717, 1.165) is 28.7 Å². The number of alkyl halides is 2. The molecular formula is C34H38Br3FNNa. The molecule has 1 nitrogen and oxygen atoms in total. The smallest absolute Gasteiger partial charge is 1.00 e. The Balaban J connectivity index is 0.000000328. The van der Waals surface area contributed by atoms with E-state index >= 15 is 0 Å². The van der Waals surface area contributed by atoms with Crippen molar-refractivity contribution in [3.8, 4) is 11.1 Å². The molecule has 5 aromatic rings. The summed E-state index contributed by atoms with van der Waals surface area (Å²) < 4.78 is 20.2. The Kier molecular flexibility index (Phi) is 14.5. The van der Waals surface area contributed by atoms with Gasteiger partial charge in [-0.05, 0) is 70.8 Å². The van der Waals surface area contributed by atoms with Crippen molar-refractivity contribution >= 4 is 69.6 Å². The first-order valence-electron chi connectivity index (χ1n) is 13.8. The first-order valence-corrected chi connectivity index (χ1v) is 15.8. The molecule has 0 aliphatic heterocycles. The molecule has 0 radical (unpaired) electrons. The molecule has 0 saturated carbocycles. The maximum Gasteiger partial charge on any atom is 1.00 e. The van der Waals surface area contributed by atoms with E-state index in [-0.39, 0.29) is 31.0 Å². The normalized spacial score (nSPS) is 11.3. The van der Waals surface area contributed by atoms with Gasteiger partial charge < -0.3 is 5.99 Å². The summed E-state index contributed by atoms with van der Waals surface area (Å²) >= 11 is 10.4. The summed E-state index contributed by atoms with van der Waals surface area (Å²) in [6.45, 7) is 9.93. The summed E-state index contributed by atoms with van der Waals surface area (Å²) in [4.78, 5) is 0. The Hall–Kier alpha value is -0.950. The average Bonchev–Trinajstić information content (AvgIpc) is 3.44. The molecule has 40 heavy (non-hydrogen) atoms. The van der Waals surface area contributed by atoms with Crippen LogP contribution >= 0.6 is 47.8 Å². The van der Waals surface area contributed by atoms with Crippen LogP contribution < -0.4 is 29.6 Å². The first-order chi connectivity index (χ1) is 19.2. The third-order valence-corrected chi connectivity index (χ3v) is 8.63. The molecule has 0 bridgehead atoms. The second-order valence-corrected chi connectivity index (χ2v) is 12.8. The molecule has 1 aliphatic carbocycles. The van der Waals surface area contributed by atoms with Crippen LogP contribution in [0.1, 0.15) is 41.6 Å². The third-order valence-electron chi connectivity index (χ3n) is 6.35. The van der Waals surface area contributed by atoms with Gasteiger partial charge in [0.25, 0.3) is 0 Å². The fraction of sp³-hybridized carbons (Fsp3) is 0.294. The number of fused-ring (bicyclic) bond motifs is 6. The van der Waals surface area contributed by atoms with Gasteiger partial charge in [-0.1, -0.05) is 130 Å². The van der Waals surface area contributed by atoms with E-state index in [1.807, 2.05) is 0 Å². The summed E-state index contributed by atoms with van der Waals surface area (Å²) in [5.74, 6) is 1.44. The van der Waals surface area contributed by atoms with Crippen molar-refractivity contribution in [1.82, 2.24) is 4.57 Å². The molecule has 6 rings (SSSR count). The van der Waals surface area contributed by atoms with Crippen LogP contribution in [0.5, 0.6) is 0 Å². The summed E-state index contributed by atoms with van der Waals surface area (Å²) in [5.41, 5.74) is 8.32. The molecule has 208 valence electrons. The zero-order valence-electron chi connectivity index (χ0n) is 26.0. The molecule has 1 heterocycles. The van der Waals surface area contributed by atoms with E-state index < -0.39 is 7.15 Å². The van der Waals surface area contributed by atoms with Crippen LogP contribution in [0.4, 0.5) is 4.39 Å². The molecule has 0 atom stereocenters. The van der Waals surface area contributed by atoms with Crippen molar-refractivity contribution in [1.29, 1.82) is 0 Å². The molecule has 4 aromatic carbocycles. The zero-order chi connectivity index (χ0) is 29.2. The fourth-order valence-electron chi connectivity index (χ4n) is 4.70. The number of para-hydroxylation sites is 1. The van der Waals surface area contributed by atoms with Crippen molar-refractivity contribution in [2.24, 2.45) is 11.8 Å². The Morgan fingerprint density at radius 1 is 0.775 bits per heavy atom. The predicted octanol–water partition coefficient (Wildman–Crippen LogP) is 8.97. The Bertz CT molecular complexity index is 1540. The molecular weight excluding hydrogens is 704 g/mol. The first kappa shape index (κ1) is 33.6. The summed E-state index contributed by atoms with van der Waals surface area (Å²) in [5, 5.41) is 3.81. The number of hydrogen-bond acceptors (Lipinski definition) is 0. The van der Waals surface area contributed by atoms with Gasteiger partial charge in [-0.2, -0.15) is 0 Å². The van der Waals surface area contributed by atoms with Crippen molar-refractivity contribution < 1.29 is 36.7 Å². The van der Waals surface area contributed by atoms with Gasteiger partial charge in [-0.15, -0.1) is 0 Å². The number of benzene rings is 4. The van der Waals surface area contributed by atoms with E-state index in [9.17, 15) is 4.39 Å². The van der Waals surface area contributed by atoms with Crippen LogP contribution in [0.25, 0.3) is 32.9 Å². The predicted molar refractivity (Wildman–Crippen MR) is 181 cm³/mol. The van der Waals surface area contributed by atoms with Gasteiger partial charge >= 0.3 is 29.6 Å². The zero-order valence-corrected chi connectivity index (χ0v) is 30.8. The van der Waals surface area contributed by atoms with E-state index in [2.05, 4.69) is 165 Å². The molecule has 0 saturated heterocycles. The quantitative estimate of drug-likeness (QED) is 0.126. The van der Waals surface area contributed by atoms with Gasteiger partial charge in [-0.25, -0.2) is 0 Å². The minimum atomic E-state index is -1.00. The SMILES string of the molecule is Brc1ccc2c(c1)Cc1ccccc1-2.CC(C)CBr.CC(C)Cn1c2ccccc2c2ccc(Br)cc21.[2H]CF.[H-].[Na+]. The van der Waals surface area contributed by atoms with Crippen LogP contribution in [0.3, 0.4) is 0 Å². The van der Waals surface area contributed by atoms with Crippen LogP contribution in [0, 0.1) is 11.8 Å². The average molecular weight is 743 g/mol. The van der Waals surface area contributed by atoms with Crippen molar-refractivity contribution in [3.05, 3.63) is 105 Å². The Morgan fingerprint density at radius 3 is 2.00 bits per heavy atom. The van der Waals surface area contributed by atoms with Gasteiger partial charge in [-0.3, -0.25) is 4.39 Å². The van der Waals surface area contributed by atoms with Gasteiger partial charge in [0.15, 0.2) is 0 Å². The second-order valence-electron chi connectivity index (χ2n) is 10.4. The standard InChI is InChI=1S/C16H16BrN.C13H9Br.C4H9Br.CH3F.Na.H/c1-11(2)10-18-15-6-4-3-5-13(15)14-8-7-12(17)9-16(14)18;14-11-5-6-13-10(8-11)7-9-3-1-2-4-12(9)13;1-4(2)3-5;1-2;;/h3-9,11H,10H2,1-2H3;1-6,8H,7H2;4H,3H2,1-2H3;1H3;;/q;;;;+1;-1/i;;;1D;;. The maximum atomic E-state index is 9.96. The maximum absolute atomic E-state index is 9.96. The van der Waals surface area contributed by atoms with E-state index in [0.29, 0.717) is 5.92 Å². The van der Waals surface area contributed by atoms with Crippen molar-refractivity contribution in [2.75, 3.05) is 12.5 Å². The Labute approximate surface area is 289 Å². The van der Waals surface area contributed by atoms with E-state index in [1.54, 1.807) is 0 Å². The van der Waals surface area contributed by atoms with E-state index in [4.69, 9.17) is 1.37 Å². The summed E-state index contributed by atoms with van der Waals surface area (Å²) in [7, 11) is -1.00. The number of hydrogen-bond donors (Lipinski definition) is 0. The van der Waals surface area contributed by atoms with Crippen LogP contribution in [0.2, 0.25) is 0 Å². The number of nitrogens with zero attached hydrogens (tertiary/aromatic N) is 1. The molecule has 0 fully saturated rings. The summed E-state index contributed by atoms with van der Waals surface area (Å²) in [6.07, 6.45) is 1.07. The number of aromatic nitrogens is 1. The van der Waals surface area contributed by atoms with Crippen molar-refractivity contribution in [3.63, 3.8) is 0 Å². The second kappa shape index (κ2) is 17.2. The van der Waals surface area contributed by atoms with Gasteiger partial charge in [0, 0.05) is 37.1 Å². The van der Waals surface area contributed by atoms with Crippen LogP contribution in [-0.2, 0) is 13.0 Å². The third kappa shape index (κ3) is 9.02. The molecule has 0 N–H and O–H groups in total. The van der Waals surface area contributed by atoms with Gasteiger partial charge in [0.2, 0.25) is 0 Å².